The van der Waals surface area contributed by atoms with Crippen molar-refractivity contribution in [1.29, 1.82) is 0 Å². The lowest BCUT2D eigenvalue weighted by Gasteiger charge is -2.23. The van der Waals surface area contributed by atoms with Crippen molar-refractivity contribution in [3.63, 3.8) is 0 Å². The van der Waals surface area contributed by atoms with Crippen LogP contribution in [0.15, 0.2) is 315 Å². The van der Waals surface area contributed by atoms with Crippen LogP contribution < -0.4 is 29.9 Å². The SMILES string of the molecule is CN1CCOCCOCCOCCN(C)c2ccc(NC(=O)c3ccc(-c4c5nc(c(-c6ccccc6)c6ccc([nH]6)c(-c6ccccc6)c6nc(c(-c7ccccc7)c7ccc4[nH]7)C=C6)C=C5)cc3)cc2OCCOCCOCCOCCOc2cc(NC(=O)c3ccc(-c4c5nc(c(-c6ccccc6)c6ccc([nH]6)c(-c6ccccc6)c6nc(c(-c7ccccc7)c7ccc4[nH]7)C=C6)C=C5)cc3)ccc21. The molecule has 11 heterocycles. The highest BCUT2D eigenvalue weighted by Gasteiger charge is 2.26. The topological polar surface area (TPSA) is 253 Å². The van der Waals surface area contributed by atoms with E-state index in [1.165, 1.54) is 0 Å². The summed E-state index contributed by atoms with van der Waals surface area (Å²) in [6.45, 7) is 5.65. The Balaban J connectivity index is 0.480. The van der Waals surface area contributed by atoms with Crippen LogP contribution in [0, 0.1) is 0 Å². The van der Waals surface area contributed by atoms with E-state index in [0.29, 0.717) is 113 Å². The number of nitrogens with zero attached hydrogens (tertiary/aromatic N) is 6. The van der Waals surface area contributed by atoms with E-state index < -0.39 is 0 Å². The normalized spacial score (nSPS) is 14.2. The number of hydrogen-bond donors (Lipinski definition) is 6. The molecule has 5 aliphatic heterocycles. The minimum absolute atomic E-state index is 0.216. The third-order valence-electron chi connectivity index (χ3n) is 25.6. The summed E-state index contributed by atoms with van der Waals surface area (Å²) >= 11 is 0. The van der Waals surface area contributed by atoms with E-state index >= 15 is 0 Å². The van der Waals surface area contributed by atoms with Gasteiger partial charge in [0, 0.05) is 150 Å². The van der Waals surface area contributed by atoms with Crippen LogP contribution in [0.1, 0.15) is 66.3 Å². The first kappa shape index (κ1) is 91.7. The average molecular weight is 1870 g/mol. The highest BCUT2D eigenvalue weighted by atomic mass is 16.6. The zero-order valence-corrected chi connectivity index (χ0v) is 78.7. The van der Waals surface area contributed by atoms with Crippen LogP contribution in [0.2, 0.25) is 0 Å². The number of carbonyl (C=O) groups excluding carboxylic acids is 2. The van der Waals surface area contributed by atoms with Crippen molar-refractivity contribution in [2.45, 2.75) is 0 Å². The van der Waals surface area contributed by atoms with Crippen molar-refractivity contribution in [1.82, 2.24) is 39.9 Å². The number of aromatic amines is 4. The molecule has 6 aromatic heterocycles. The highest BCUT2D eigenvalue weighted by Crippen LogP contribution is 2.44. The zero-order chi connectivity index (χ0) is 95.9. The lowest BCUT2D eigenvalue weighted by atomic mass is 10.0. The molecule has 10 aromatic carbocycles. The number of ether oxygens (including phenoxy) is 8. The van der Waals surface area contributed by atoms with Crippen LogP contribution in [-0.4, -0.2) is 171 Å². The minimum atomic E-state index is -0.303. The van der Waals surface area contributed by atoms with Gasteiger partial charge in [-0.2, -0.15) is 0 Å². The van der Waals surface area contributed by atoms with Gasteiger partial charge in [-0.05, 0) is 190 Å². The molecule has 0 spiro atoms. The molecule has 0 fully saturated rings. The molecule has 22 nitrogen and oxygen atoms in total. The molecule has 22 heteroatoms. The number of hydrogen-bond acceptors (Lipinski definition) is 16. The van der Waals surface area contributed by atoms with Gasteiger partial charge in [0.2, 0.25) is 0 Å². The number of benzene rings is 10. The molecule has 21 rings (SSSR count). The molecule has 16 aromatic rings. The highest BCUT2D eigenvalue weighted by molar-refractivity contribution is 6.08. The average Bonchev–Trinajstić information content (AvgIpc) is 1.61. The Hall–Kier alpha value is -16.7. The van der Waals surface area contributed by atoms with Gasteiger partial charge in [-0.15, -0.1) is 0 Å². The molecule has 0 aliphatic carbocycles. The molecule has 16 bridgehead atoms. The van der Waals surface area contributed by atoms with Crippen molar-refractivity contribution in [2.75, 3.05) is 140 Å². The molecule has 0 radical (unpaired) electrons. The van der Waals surface area contributed by atoms with Crippen LogP contribution >= 0.6 is 0 Å². The summed E-state index contributed by atoms with van der Waals surface area (Å²) in [4.78, 5) is 70.5. The van der Waals surface area contributed by atoms with Gasteiger partial charge >= 0.3 is 0 Å². The lowest BCUT2D eigenvalue weighted by molar-refractivity contribution is 0.00501. The summed E-state index contributed by atoms with van der Waals surface area (Å²) < 4.78 is 49.3. The monoisotopic (exact) mass is 1870 g/mol. The predicted octanol–water partition coefficient (Wildman–Crippen LogP) is 24.9. The fraction of sp³-hybridized carbons (Fsp3) is 0.150. The van der Waals surface area contributed by atoms with E-state index in [4.69, 9.17) is 57.8 Å². The molecule has 5 aliphatic rings. The second kappa shape index (κ2) is 43.1. The van der Waals surface area contributed by atoms with Crippen LogP contribution in [0.5, 0.6) is 11.5 Å². The van der Waals surface area contributed by atoms with E-state index in [-0.39, 0.29) is 38.2 Å². The number of nitrogens with one attached hydrogen (secondary N) is 6. The van der Waals surface area contributed by atoms with Gasteiger partial charge in [0.25, 0.3) is 11.8 Å². The van der Waals surface area contributed by atoms with Gasteiger partial charge in [0.1, 0.15) is 24.7 Å². The molecule has 0 saturated carbocycles. The van der Waals surface area contributed by atoms with Gasteiger partial charge in [-0.1, -0.05) is 206 Å². The molecule has 0 atom stereocenters. The Bertz CT molecular complexity index is 7260. The molecule has 0 saturated heterocycles. The summed E-state index contributed by atoms with van der Waals surface area (Å²) in [5, 5.41) is 6.32. The fourth-order valence-corrected chi connectivity index (χ4v) is 18.6. The number of aromatic nitrogens is 8. The molecule has 704 valence electrons. The molecule has 142 heavy (non-hydrogen) atoms. The predicted molar refractivity (Wildman–Crippen MR) is 572 cm³/mol. The Morgan fingerprint density at radius 3 is 0.669 bits per heavy atom. The number of fused-ring (bicyclic) bond motifs is 18. The Morgan fingerprint density at radius 2 is 0.444 bits per heavy atom. The maximum atomic E-state index is 14.6. The second-order valence-corrected chi connectivity index (χ2v) is 34.8. The van der Waals surface area contributed by atoms with Crippen LogP contribution in [0.4, 0.5) is 22.7 Å². The van der Waals surface area contributed by atoms with Crippen molar-refractivity contribution in [3.8, 4) is 101 Å². The van der Waals surface area contributed by atoms with Gasteiger partial charge in [-0.3, -0.25) is 9.59 Å². The zero-order valence-electron chi connectivity index (χ0n) is 78.7. The first-order chi connectivity index (χ1) is 70.1. The van der Waals surface area contributed by atoms with Crippen LogP contribution in [-0.2, 0) is 28.4 Å². The largest absolute Gasteiger partial charge is 0.489 e. The van der Waals surface area contributed by atoms with Gasteiger partial charge in [0.05, 0.1) is 136 Å². The van der Waals surface area contributed by atoms with Crippen molar-refractivity contribution < 1.29 is 47.5 Å². The van der Waals surface area contributed by atoms with Crippen molar-refractivity contribution in [3.05, 3.63) is 372 Å². The van der Waals surface area contributed by atoms with Crippen LogP contribution in [0.25, 0.3) is 182 Å². The second-order valence-electron chi connectivity index (χ2n) is 34.8. The van der Waals surface area contributed by atoms with Crippen molar-refractivity contribution >= 4 is 127 Å². The third-order valence-corrected chi connectivity index (χ3v) is 25.6. The summed E-state index contributed by atoms with van der Waals surface area (Å²) in [5.41, 5.74) is 32.3. The molecular formula is C120H104N12O10. The number of H-pyrrole nitrogens is 4. The quantitative estimate of drug-likeness (QED) is 0.0665. The third kappa shape index (κ3) is 20.6. The summed E-state index contributed by atoms with van der Waals surface area (Å²) in [7, 11) is 3.96. The first-order valence-electron chi connectivity index (χ1n) is 48.0. The molecular weight excluding hydrogens is 1770 g/mol. The number of rotatable bonds is 12. The van der Waals surface area contributed by atoms with E-state index in [9.17, 15) is 9.59 Å². The van der Waals surface area contributed by atoms with Crippen molar-refractivity contribution in [2.24, 2.45) is 0 Å². The summed E-state index contributed by atoms with van der Waals surface area (Å²) in [6, 6.07) is 106. The molecule has 6 N–H and O–H groups in total. The molecule has 0 unspecified atom stereocenters. The van der Waals surface area contributed by atoms with Gasteiger partial charge < -0.3 is 78.3 Å². The van der Waals surface area contributed by atoms with Crippen LogP contribution in [0.3, 0.4) is 0 Å². The number of amides is 2. The van der Waals surface area contributed by atoms with E-state index in [1.54, 1.807) is 0 Å². The van der Waals surface area contributed by atoms with E-state index in [0.717, 1.165) is 190 Å². The number of likely N-dealkylation sites (N-methyl/N-ethyl adjacent to an activating group) is 2. The number of carbonyl (C=O) groups is 2. The van der Waals surface area contributed by atoms with E-state index in [1.807, 2.05) is 184 Å². The molecule has 2 amide bonds. The number of anilines is 4. The van der Waals surface area contributed by atoms with Gasteiger partial charge in [0.15, 0.2) is 0 Å². The Kier molecular flexibility index (Phi) is 27.9. The Morgan fingerprint density at radius 1 is 0.239 bits per heavy atom. The Labute approximate surface area is 822 Å². The fourth-order valence-electron chi connectivity index (χ4n) is 18.6. The smallest absolute Gasteiger partial charge is 0.255 e. The maximum Gasteiger partial charge on any atom is 0.255 e. The van der Waals surface area contributed by atoms with E-state index in [2.05, 4.69) is 235 Å². The standard InChI is InChI=1S/C120H104N12O10/c1-131-61-63-135-65-67-137-68-66-136-64-62-132(2)108-60-42-90(122-120(134)88-39-35-86(36-40-88)118-105-57-53-101(129-105)115(83-29-17-7-18-30-83)97-49-45-93(125-97)112(80-23-11-4-12-24-80)94-46-50-98(126-94)116(84-31-19-8-20-32-84)102-54-58-106(118)130-102)78-110(108)142-76-74-140-72-70-138-69-71-139-73-75-141-109-77-89(41-59-107(109)131)121-119(133)87-37-33-85(34-38-87)117-103-55-51-99(127-103)113(81-25-13-5-14-26-81)95-47-43-91(123-95)111(79-21-9-3-10-22-79)92-44-48-96(124-92)114(82-27-15-6-16-28-82)100-52-56-104(117)128-100/h3-60,77-78,123,125,128,130H,61-76H2,1-2H3,(H,121,133)(H,122,134). The minimum Gasteiger partial charge on any atom is -0.489 e. The summed E-state index contributed by atoms with van der Waals surface area (Å²) in [5.74, 6) is 0.498. The van der Waals surface area contributed by atoms with Gasteiger partial charge in [-0.25, -0.2) is 19.9 Å². The lowest BCUT2D eigenvalue weighted by Crippen LogP contribution is -2.25. The maximum absolute atomic E-state index is 14.6. The summed E-state index contributed by atoms with van der Waals surface area (Å²) in [6.07, 6.45) is 16.7. The first-order valence-corrected chi connectivity index (χ1v) is 48.0.